The van der Waals surface area contributed by atoms with Gasteiger partial charge in [0.2, 0.25) is 0 Å². The molecule has 0 aliphatic carbocycles. The number of hydrogen-bond acceptors (Lipinski definition) is 4. The van der Waals surface area contributed by atoms with Crippen molar-refractivity contribution in [3.8, 4) is 5.75 Å². The average Bonchev–Trinajstić information content (AvgIpc) is 3.06. The third-order valence-corrected chi connectivity index (χ3v) is 5.67. The van der Waals surface area contributed by atoms with E-state index in [1.807, 2.05) is 84.7 Å². The number of nitrogens with zero attached hydrogens (tertiary/aromatic N) is 2. The Balaban J connectivity index is 1.49. The lowest BCUT2D eigenvalue weighted by Gasteiger charge is -2.28. The summed E-state index contributed by atoms with van der Waals surface area (Å²) in [6.45, 7) is 1.06. The van der Waals surface area contributed by atoms with Gasteiger partial charge in [0.15, 0.2) is 5.54 Å². The maximum absolute atomic E-state index is 13.7. The Hall–Kier alpha value is -3.35. The van der Waals surface area contributed by atoms with Crippen LogP contribution in [-0.2, 0) is 10.3 Å². The monoisotopic (exact) mass is 449 g/mol. The quantitative estimate of drug-likeness (QED) is 0.526. The van der Waals surface area contributed by atoms with Crippen molar-refractivity contribution < 1.29 is 14.3 Å². The number of benzene rings is 3. The Labute approximate surface area is 192 Å². The van der Waals surface area contributed by atoms with Crippen molar-refractivity contribution in [2.75, 3.05) is 26.9 Å². The molecule has 0 saturated carbocycles. The number of amides is 3. The van der Waals surface area contributed by atoms with Gasteiger partial charge in [-0.25, -0.2) is 9.69 Å². The molecule has 3 amide bonds. The van der Waals surface area contributed by atoms with E-state index in [2.05, 4.69) is 5.32 Å². The third kappa shape index (κ3) is 4.33. The van der Waals surface area contributed by atoms with Gasteiger partial charge < -0.3 is 10.1 Å². The zero-order valence-corrected chi connectivity index (χ0v) is 18.5. The Morgan fingerprint density at radius 2 is 1.56 bits per heavy atom. The average molecular weight is 450 g/mol. The zero-order valence-electron chi connectivity index (χ0n) is 17.7. The van der Waals surface area contributed by atoms with Gasteiger partial charge in [-0.2, -0.15) is 0 Å². The van der Waals surface area contributed by atoms with E-state index < -0.39 is 11.6 Å². The molecule has 0 unspecified atom stereocenters. The van der Waals surface area contributed by atoms with Gasteiger partial charge in [-0.05, 0) is 36.4 Å². The fourth-order valence-corrected chi connectivity index (χ4v) is 4.01. The molecule has 6 nitrogen and oxygen atoms in total. The van der Waals surface area contributed by atoms with Crippen LogP contribution in [0.4, 0.5) is 4.79 Å². The maximum Gasteiger partial charge on any atom is 0.326 e. The molecule has 0 bridgehead atoms. The molecule has 1 aliphatic heterocycles. The second kappa shape index (κ2) is 9.42. The van der Waals surface area contributed by atoms with Gasteiger partial charge in [0, 0.05) is 11.6 Å². The second-order valence-electron chi connectivity index (χ2n) is 7.67. The fraction of sp³-hybridized carbons (Fsp3) is 0.200. The summed E-state index contributed by atoms with van der Waals surface area (Å²) < 4.78 is 5.73. The highest BCUT2D eigenvalue weighted by molar-refractivity contribution is 6.30. The van der Waals surface area contributed by atoms with Crippen LogP contribution in [0, 0.1) is 0 Å². The summed E-state index contributed by atoms with van der Waals surface area (Å²) >= 11 is 5.98. The first-order chi connectivity index (χ1) is 15.5. The summed E-state index contributed by atoms with van der Waals surface area (Å²) in [7, 11) is 1.84. The Morgan fingerprint density at radius 3 is 2.16 bits per heavy atom. The Bertz CT molecular complexity index is 1050. The molecule has 0 aromatic heterocycles. The minimum Gasteiger partial charge on any atom is -0.492 e. The van der Waals surface area contributed by atoms with Crippen molar-refractivity contribution in [2.24, 2.45) is 0 Å². The van der Waals surface area contributed by atoms with E-state index in [1.165, 1.54) is 4.90 Å². The van der Waals surface area contributed by atoms with Gasteiger partial charge in [-0.1, -0.05) is 78.3 Å². The molecule has 1 N–H and O–H groups in total. The molecule has 0 spiro atoms. The molecule has 3 aromatic rings. The molecule has 1 saturated heterocycles. The van der Waals surface area contributed by atoms with E-state index in [0.717, 1.165) is 11.1 Å². The van der Waals surface area contributed by atoms with Crippen LogP contribution in [0.15, 0.2) is 84.9 Å². The number of urea groups is 1. The lowest BCUT2D eigenvalue weighted by molar-refractivity contribution is -0.131. The van der Waals surface area contributed by atoms with Crippen molar-refractivity contribution in [3.05, 3.63) is 101 Å². The molecule has 7 heteroatoms. The van der Waals surface area contributed by atoms with Crippen molar-refractivity contribution in [1.29, 1.82) is 0 Å². The lowest BCUT2D eigenvalue weighted by Crippen LogP contribution is -2.46. The first-order valence-electron chi connectivity index (χ1n) is 10.3. The van der Waals surface area contributed by atoms with Crippen LogP contribution in [0.1, 0.15) is 11.1 Å². The molecule has 1 aliphatic rings. The summed E-state index contributed by atoms with van der Waals surface area (Å²) in [6.07, 6.45) is 0. The van der Waals surface area contributed by atoms with Gasteiger partial charge in [0.05, 0.1) is 6.67 Å². The largest absolute Gasteiger partial charge is 0.492 e. The number of hydrogen-bond donors (Lipinski definition) is 1. The highest BCUT2D eigenvalue weighted by Crippen LogP contribution is 2.35. The van der Waals surface area contributed by atoms with Crippen LogP contribution < -0.4 is 10.1 Å². The van der Waals surface area contributed by atoms with E-state index >= 15 is 0 Å². The first kappa shape index (κ1) is 21.9. The first-order valence-corrected chi connectivity index (χ1v) is 10.7. The van der Waals surface area contributed by atoms with E-state index in [-0.39, 0.29) is 12.6 Å². The maximum atomic E-state index is 13.7. The summed E-state index contributed by atoms with van der Waals surface area (Å²) in [6, 6.07) is 25.4. The number of ether oxygens (including phenoxy) is 1. The number of likely N-dealkylation sites (N-methyl/N-ethyl adjacent to an activating group) is 1. The third-order valence-electron chi connectivity index (χ3n) is 5.44. The van der Waals surface area contributed by atoms with E-state index in [9.17, 15) is 9.59 Å². The van der Waals surface area contributed by atoms with E-state index in [1.54, 1.807) is 12.1 Å². The van der Waals surface area contributed by atoms with Crippen LogP contribution in [0.25, 0.3) is 0 Å². The number of carbonyl (C=O) groups excluding carboxylic acids is 2. The number of rotatable bonds is 8. The molecular formula is C25H24ClN3O3. The Morgan fingerprint density at radius 1 is 0.938 bits per heavy atom. The number of halogens is 1. The zero-order chi connectivity index (χ0) is 22.6. The minimum atomic E-state index is -1.25. The summed E-state index contributed by atoms with van der Waals surface area (Å²) in [5.74, 6) is 0.371. The van der Waals surface area contributed by atoms with Gasteiger partial charge in [0.1, 0.15) is 12.4 Å². The normalized spacial score (nSPS) is 15.2. The van der Waals surface area contributed by atoms with Crippen molar-refractivity contribution in [3.63, 3.8) is 0 Å². The van der Waals surface area contributed by atoms with Gasteiger partial charge in [0.25, 0.3) is 5.91 Å². The van der Waals surface area contributed by atoms with Crippen LogP contribution in [-0.4, -0.2) is 48.6 Å². The van der Waals surface area contributed by atoms with Gasteiger partial charge in [-0.3, -0.25) is 9.69 Å². The Kier molecular flexibility index (Phi) is 6.44. The molecule has 0 radical (unpaired) electrons. The second-order valence-corrected chi connectivity index (χ2v) is 8.11. The molecule has 1 heterocycles. The SMILES string of the molecule is CN(CCOc1cccc(Cl)c1)CN1C(=O)NC(c2ccccc2)(c2ccccc2)C1=O. The summed E-state index contributed by atoms with van der Waals surface area (Å²) in [4.78, 5) is 29.7. The van der Waals surface area contributed by atoms with Crippen LogP contribution in [0.2, 0.25) is 5.02 Å². The fourth-order valence-electron chi connectivity index (χ4n) is 3.83. The lowest BCUT2D eigenvalue weighted by atomic mass is 9.83. The minimum absolute atomic E-state index is 0.144. The van der Waals surface area contributed by atoms with E-state index in [0.29, 0.717) is 23.9 Å². The van der Waals surface area contributed by atoms with Gasteiger partial charge in [-0.15, -0.1) is 0 Å². The van der Waals surface area contributed by atoms with Crippen molar-refractivity contribution in [1.82, 2.24) is 15.1 Å². The van der Waals surface area contributed by atoms with Crippen LogP contribution in [0.5, 0.6) is 5.75 Å². The molecule has 0 atom stereocenters. The molecule has 4 rings (SSSR count). The summed E-state index contributed by atoms with van der Waals surface area (Å²) in [5, 5.41) is 3.56. The standard InChI is InChI=1S/C25H24ClN3O3/c1-28(15-16-32-22-14-8-13-21(26)17-22)18-29-23(30)25(27-24(29)31,19-9-4-2-5-10-19)20-11-6-3-7-12-20/h2-14,17H,15-16,18H2,1H3,(H,27,31). The smallest absolute Gasteiger partial charge is 0.326 e. The van der Waals surface area contributed by atoms with Crippen LogP contribution in [0.3, 0.4) is 0 Å². The number of nitrogens with one attached hydrogen (secondary N) is 1. The molecular weight excluding hydrogens is 426 g/mol. The number of imide groups is 1. The molecule has 164 valence electrons. The van der Waals surface area contributed by atoms with Crippen LogP contribution >= 0.6 is 11.6 Å². The molecule has 3 aromatic carbocycles. The van der Waals surface area contributed by atoms with Crippen molar-refractivity contribution in [2.45, 2.75) is 5.54 Å². The van der Waals surface area contributed by atoms with E-state index in [4.69, 9.17) is 16.3 Å². The molecule has 32 heavy (non-hydrogen) atoms. The predicted octanol–water partition coefficient (Wildman–Crippen LogP) is 4.10. The predicted molar refractivity (Wildman–Crippen MR) is 123 cm³/mol. The highest BCUT2D eigenvalue weighted by Gasteiger charge is 2.53. The topological polar surface area (TPSA) is 61.9 Å². The number of carbonyl (C=O) groups is 2. The highest BCUT2D eigenvalue weighted by atomic mass is 35.5. The van der Waals surface area contributed by atoms with Crippen molar-refractivity contribution >= 4 is 23.5 Å². The summed E-state index contributed by atoms with van der Waals surface area (Å²) in [5.41, 5.74) is 0.190. The molecule has 1 fully saturated rings. The van der Waals surface area contributed by atoms with Gasteiger partial charge >= 0.3 is 6.03 Å².